The van der Waals surface area contributed by atoms with Gasteiger partial charge in [0, 0.05) is 25.3 Å². The lowest BCUT2D eigenvalue weighted by Gasteiger charge is -2.09. The van der Waals surface area contributed by atoms with E-state index in [9.17, 15) is 0 Å². The molecule has 0 N–H and O–H groups in total. The monoisotopic (exact) mass is 376 g/mol. The first-order chi connectivity index (χ1) is 13.8. The van der Waals surface area contributed by atoms with Gasteiger partial charge < -0.3 is 13.8 Å². The molecule has 3 heterocycles. The lowest BCUT2D eigenvalue weighted by Crippen LogP contribution is -2.05. The molecule has 0 atom stereocenters. The van der Waals surface area contributed by atoms with Crippen LogP contribution in [-0.2, 0) is 24.3 Å². The second-order valence-corrected chi connectivity index (χ2v) is 6.18. The van der Waals surface area contributed by atoms with Crippen molar-refractivity contribution in [1.29, 1.82) is 0 Å². The van der Waals surface area contributed by atoms with Crippen LogP contribution in [0.5, 0.6) is 0 Å². The van der Waals surface area contributed by atoms with Crippen LogP contribution in [0.2, 0.25) is 0 Å². The summed E-state index contributed by atoms with van der Waals surface area (Å²) in [4.78, 5) is 18.0. The molecule has 0 aliphatic carbocycles. The van der Waals surface area contributed by atoms with E-state index < -0.39 is 0 Å². The van der Waals surface area contributed by atoms with Gasteiger partial charge in [0.25, 0.3) is 5.89 Å². The van der Waals surface area contributed by atoms with Crippen LogP contribution in [0, 0.1) is 0 Å². The van der Waals surface area contributed by atoms with Gasteiger partial charge in [-0.3, -0.25) is 0 Å². The van der Waals surface area contributed by atoms with E-state index in [4.69, 9.17) is 14.2 Å². The lowest BCUT2D eigenvalue weighted by molar-refractivity contribution is 0.151. The highest BCUT2D eigenvalue weighted by Crippen LogP contribution is 2.30. The van der Waals surface area contributed by atoms with Crippen molar-refractivity contribution in [1.82, 2.24) is 29.7 Å². The third-order valence-corrected chi connectivity index (χ3v) is 4.24. The van der Waals surface area contributed by atoms with Crippen LogP contribution < -0.4 is 0 Å². The first-order valence-electron chi connectivity index (χ1n) is 9.01. The van der Waals surface area contributed by atoms with Crippen LogP contribution in [0.3, 0.4) is 0 Å². The Morgan fingerprint density at radius 1 is 1.04 bits per heavy atom. The summed E-state index contributed by atoms with van der Waals surface area (Å²) in [5, 5.41) is 4.03. The molecule has 0 fully saturated rings. The number of methoxy groups -OCH3 is 1. The molecule has 0 aliphatic heterocycles. The Balaban J connectivity index is 1.78. The molecule has 0 aliphatic rings. The SMILES string of the molecule is CCc1nccc(-c2c(-c3ccccc3)ncn2Cc2noc(COC)n2)n1. The summed E-state index contributed by atoms with van der Waals surface area (Å²) in [5.74, 6) is 1.78. The van der Waals surface area contributed by atoms with Gasteiger partial charge in [0.2, 0.25) is 0 Å². The van der Waals surface area contributed by atoms with Gasteiger partial charge in [-0.05, 0) is 6.07 Å². The van der Waals surface area contributed by atoms with Gasteiger partial charge in [-0.25, -0.2) is 15.0 Å². The van der Waals surface area contributed by atoms with Gasteiger partial charge in [-0.15, -0.1) is 0 Å². The molecule has 0 amide bonds. The Morgan fingerprint density at radius 2 is 1.89 bits per heavy atom. The van der Waals surface area contributed by atoms with Crippen molar-refractivity contribution < 1.29 is 9.26 Å². The van der Waals surface area contributed by atoms with Crippen molar-refractivity contribution in [3.8, 4) is 22.6 Å². The van der Waals surface area contributed by atoms with Gasteiger partial charge in [0.05, 0.1) is 30.0 Å². The van der Waals surface area contributed by atoms with Gasteiger partial charge in [-0.2, -0.15) is 4.98 Å². The van der Waals surface area contributed by atoms with Crippen LogP contribution in [-0.4, -0.2) is 36.8 Å². The van der Waals surface area contributed by atoms with Crippen molar-refractivity contribution in [2.45, 2.75) is 26.5 Å². The van der Waals surface area contributed by atoms with E-state index >= 15 is 0 Å². The molecule has 0 saturated carbocycles. The van der Waals surface area contributed by atoms with Crippen LogP contribution in [0.25, 0.3) is 22.6 Å². The average molecular weight is 376 g/mol. The number of ether oxygens (including phenoxy) is 1. The summed E-state index contributed by atoms with van der Waals surface area (Å²) < 4.78 is 12.2. The van der Waals surface area contributed by atoms with Gasteiger partial charge in [-0.1, -0.05) is 42.4 Å². The third-order valence-electron chi connectivity index (χ3n) is 4.24. The number of hydrogen-bond donors (Lipinski definition) is 0. The molecule has 0 bridgehead atoms. The van der Waals surface area contributed by atoms with Crippen molar-refractivity contribution in [3.63, 3.8) is 0 Å². The number of aromatic nitrogens is 6. The maximum absolute atomic E-state index is 5.21. The summed E-state index contributed by atoms with van der Waals surface area (Å²) in [6.45, 7) is 2.73. The van der Waals surface area contributed by atoms with E-state index in [-0.39, 0.29) is 6.61 Å². The second-order valence-electron chi connectivity index (χ2n) is 6.18. The van der Waals surface area contributed by atoms with Crippen molar-refractivity contribution in [2.24, 2.45) is 0 Å². The standard InChI is InChI=1S/C20H20N6O2/c1-3-16-21-10-9-15(23-16)20-19(14-7-5-4-6-8-14)22-13-26(20)11-17-24-18(12-27-2)28-25-17/h4-10,13H,3,11-12H2,1-2H3. The minimum atomic E-state index is 0.283. The zero-order valence-corrected chi connectivity index (χ0v) is 15.7. The molecule has 0 radical (unpaired) electrons. The summed E-state index contributed by atoms with van der Waals surface area (Å²) in [6, 6.07) is 11.9. The van der Waals surface area contributed by atoms with Crippen LogP contribution in [0.15, 0.2) is 53.4 Å². The number of benzene rings is 1. The molecule has 4 rings (SSSR count). The Morgan fingerprint density at radius 3 is 2.68 bits per heavy atom. The fourth-order valence-electron chi connectivity index (χ4n) is 2.97. The number of rotatable bonds is 7. The maximum atomic E-state index is 5.21. The molecule has 8 heteroatoms. The first-order valence-corrected chi connectivity index (χ1v) is 9.01. The van der Waals surface area contributed by atoms with Crippen molar-refractivity contribution in [3.05, 3.63) is 66.5 Å². The topological polar surface area (TPSA) is 91.8 Å². The summed E-state index contributed by atoms with van der Waals surface area (Å²) in [5.41, 5.74) is 3.56. The summed E-state index contributed by atoms with van der Waals surface area (Å²) >= 11 is 0. The van der Waals surface area contributed by atoms with Gasteiger partial charge >= 0.3 is 0 Å². The molecular weight excluding hydrogens is 356 g/mol. The predicted molar refractivity (Wildman–Crippen MR) is 102 cm³/mol. The molecular formula is C20H20N6O2. The number of nitrogens with zero attached hydrogens (tertiary/aromatic N) is 6. The van der Waals surface area contributed by atoms with E-state index in [0.717, 1.165) is 34.9 Å². The minimum absolute atomic E-state index is 0.283. The van der Waals surface area contributed by atoms with E-state index in [1.165, 1.54) is 0 Å². The largest absolute Gasteiger partial charge is 0.375 e. The first kappa shape index (κ1) is 18.0. The Hall–Kier alpha value is -3.39. The minimum Gasteiger partial charge on any atom is -0.375 e. The van der Waals surface area contributed by atoms with Gasteiger partial charge in [0.1, 0.15) is 12.4 Å². The summed E-state index contributed by atoms with van der Waals surface area (Å²) in [6.07, 6.45) is 4.31. The van der Waals surface area contributed by atoms with Crippen LogP contribution in [0.4, 0.5) is 0 Å². The van der Waals surface area contributed by atoms with E-state index in [1.807, 2.05) is 47.9 Å². The van der Waals surface area contributed by atoms with Crippen LogP contribution in [0.1, 0.15) is 24.5 Å². The zero-order valence-electron chi connectivity index (χ0n) is 15.7. The Bertz CT molecular complexity index is 1060. The molecule has 28 heavy (non-hydrogen) atoms. The highest BCUT2D eigenvalue weighted by atomic mass is 16.5. The molecule has 0 unspecified atom stereocenters. The van der Waals surface area contributed by atoms with E-state index in [2.05, 4.69) is 20.1 Å². The van der Waals surface area contributed by atoms with Gasteiger partial charge in [0.15, 0.2) is 5.82 Å². The van der Waals surface area contributed by atoms with Crippen molar-refractivity contribution in [2.75, 3.05) is 7.11 Å². The smallest absolute Gasteiger partial charge is 0.252 e. The third kappa shape index (κ3) is 3.67. The molecule has 0 spiro atoms. The normalized spacial score (nSPS) is 11.1. The average Bonchev–Trinajstić information content (AvgIpc) is 3.36. The predicted octanol–water partition coefficient (Wildman–Crippen LogP) is 3.15. The number of hydrogen-bond acceptors (Lipinski definition) is 7. The zero-order chi connectivity index (χ0) is 19.3. The fourth-order valence-corrected chi connectivity index (χ4v) is 2.97. The highest BCUT2D eigenvalue weighted by molar-refractivity contribution is 5.76. The molecule has 3 aromatic heterocycles. The van der Waals surface area contributed by atoms with Crippen molar-refractivity contribution >= 4 is 0 Å². The molecule has 0 saturated heterocycles. The number of imidazole rings is 1. The van der Waals surface area contributed by atoms with E-state index in [1.54, 1.807) is 19.6 Å². The maximum Gasteiger partial charge on any atom is 0.252 e. The number of aryl methyl sites for hydroxylation is 1. The molecule has 8 nitrogen and oxygen atoms in total. The Kier molecular flexibility index (Phi) is 5.20. The van der Waals surface area contributed by atoms with Crippen LogP contribution >= 0.6 is 0 Å². The van der Waals surface area contributed by atoms with E-state index in [0.29, 0.717) is 18.3 Å². The Labute approximate surface area is 162 Å². The summed E-state index contributed by atoms with van der Waals surface area (Å²) in [7, 11) is 1.59. The molecule has 4 aromatic rings. The molecule has 1 aromatic carbocycles. The lowest BCUT2D eigenvalue weighted by atomic mass is 10.1. The highest BCUT2D eigenvalue weighted by Gasteiger charge is 2.18. The second kappa shape index (κ2) is 8.10. The molecule has 142 valence electrons. The quantitative estimate of drug-likeness (QED) is 0.489. The fraction of sp³-hybridized carbons (Fsp3) is 0.250.